The van der Waals surface area contributed by atoms with Gasteiger partial charge >= 0.3 is 6.03 Å². The number of aromatic nitrogens is 1. The SMILES string of the molecule is C[S@@](=O)c1ccc(NC(=O)N2CCN(S(=O)(=O)c3cccnc3)CC2)cc1. The third-order valence-corrected chi connectivity index (χ3v) is 7.05. The number of nitrogens with one attached hydrogen (secondary N) is 1. The molecule has 1 aliphatic heterocycles. The van der Waals surface area contributed by atoms with E-state index in [2.05, 4.69) is 10.3 Å². The number of carbonyl (C=O) groups excluding carboxylic acids is 1. The van der Waals surface area contributed by atoms with Crippen molar-refractivity contribution in [3.63, 3.8) is 0 Å². The molecular weight excluding hydrogens is 388 g/mol. The number of benzene rings is 1. The number of piperazine rings is 1. The Kier molecular flexibility index (Phi) is 5.88. The number of carbonyl (C=O) groups is 1. The van der Waals surface area contributed by atoms with Crippen molar-refractivity contribution in [1.82, 2.24) is 14.2 Å². The Morgan fingerprint density at radius 3 is 2.33 bits per heavy atom. The molecule has 0 spiro atoms. The van der Waals surface area contributed by atoms with Gasteiger partial charge in [0.25, 0.3) is 0 Å². The third-order valence-electron chi connectivity index (χ3n) is 4.24. The van der Waals surface area contributed by atoms with Crippen molar-refractivity contribution in [2.75, 3.05) is 37.8 Å². The molecule has 3 rings (SSSR count). The Morgan fingerprint density at radius 1 is 1.11 bits per heavy atom. The second-order valence-electron chi connectivity index (χ2n) is 5.99. The first-order valence-electron chi connectivity index (χ1n) is 8.27. The van der Waals surface area contributed by atoms with E-state index in [1.807, 2.05) is 0 Å². The first-order chi connectivity index (χ1) is 12.9. The summed E-state index contributed by atoms with van der Waals surface area (Å²) < 4.78 is 37.9. The third kappa shape index (κ3) is 4.52. The van der Waals surface area contributed by atoms with E-state index in [-0.39, 0.29) is 24.0 Å². The molecule has 0 aliphatic carbocycles. The molecule has 0 unspecified atom stereocenters. The van der Waals surface area contributed by atoms with Crippen LogP contribution in [0.1, 0.15) is 0 Å². The van der Waals surface area contributed by atoms with Crippen molar-refractivity contribution in [1.29, 1.82) is 0 Å². The van der Waals surface area contributed by atoms with Crippen LogP contribution in [0.25, 0.3) is 0 Å². The van der Waals surface area contributed by atoms with Gasteiger partial charge in [0.1, 0.15) is 4.90 Å². The van der Waals surface area contributed by atoms with Gasteiger partial charge in [-0.3, -0.25) is 9.19 Å². The predicted molar refractivity (Wildman–Crippen MR) is 102 cm³/mol. The molecule has 0 bridgehead atoms. The van der Waals surface area contributed by atoms with Crippen LogP contribution in [0.15, 0.2) is 58.6 Å². The number of amides is 2. The molecule has 1 saturated heterocycles. The van der Waals surface area contributed by atoms with Crippen molar-refractivity contribution in [3.05, 3.63) is 48.8 Å². The number of nitrogens with zero attached hydrogens (tertiary/aromatic N) is 3. The van der Waals surface area contributed by atoms with E-state index in [1.54, 1.807) is 41.5 Å². The van der Waals surface area contributed by atoms with E-state index >= 15 is 0 Å². The van der Waals surface area contributed by atoms with Gasteiger partial charge in [0.2, 0.25) is 10.0 Å². The monoisotopic (exact) mass is 408 g/mol. The molecule has 0 saturated carbocycles. The van der Waals surface area contributed by atoms with E-state index in [0.29, 0.717) is 23.7 Å². The Morgan fingerprint density at radius 2 is 1.78 bits per heavy atom. The zero-order valence-electron chi connectivity index (χ0n) is 14.7. The normalized spacial score (nSPS) is 16.7. The lowest BCUT2D eigenvalue weighted by Gasteiger charge is -2.33. The lowest BCUT2D eigenvalue weighted by atomic mass is 10.3. The summed E-state index contributed by atoms with van der Waals surface area (Å²) in [6.07, 6.45) is 4.43. The highest BCUT2D eigenvalue weighted by Gasteiger charge is 2.30. The Labute approximate surface area is 160 Å². The molecule has 1 aromatic heterocycles. The van der Waals surface area contributed by atoms with Gasteiger partial charge in [0, 0.05) is 66.2 Å². The lowest BCUT2D eigenvalue weighted by molar-refractivity contribution is 0.184. The van der Waals surface area contributed by atoms with Gasteiger partial charge in [-0.1, -0.05) is 0 Å². The smallest absolute Gasteiger partial charge is 0.321 e. The van der Waals surface area contributed by atoms with Gasteiger partial charge in [-0.05, 0) is 36.4 Å². The van der Waals surface area contributed by atoms with E-state index in [4.69, 9.17) is 0 Å². The highest BCUT2D eigenvalue weighted by atomic mass is 32.2. The maximum atomic E-state index is 12.6. The molecule has 8 nitrogen and oxygen atoms in total. The van der Waals surface area contributed by atoms with E-state index in [1.165, 1.54) is 22.8 Å². The highest BCUT2D eigenvalue weighted by molar-refractivity contribution is 7.89. The van der Waals surface area contributed by atoms with Gasteiger partial charge in [-0.2, -0.15) is 4.31 Å². The lowest BCUT2D eigenvalue weighted by Crippen LogP contribution is -2.51. The second kappa shape index (κ2) is 8.15. The molecule has 144 valence electrons. The van der Waals surface area contributed by atoms with Crippen molar-refractivity contribution in [2.24, 2.45) is 0 Å². The molecule has 1 fully saturated rings. The fraction of sp³-hybridized carbons (Fsp3) is 0.294. The molecule has 2 heterocycles. The maximum Gasteiger partial charge on any atom is 0.321 e. The van der Waals surface area contributed by atoms with Gasteiger partial charge in [-0.15, -0.1) is 0 Å². The van der Waals surface area contributed by atoms with Crippen molar-refractivity contribution >= 4 is 32.5 Å². The minimum Gasteiger partial charge on any atom is -0.322 e. The van der Waals surface area contributed by atoms with Crippen molar-refractivity contribution in [2.45, 2.75) is 9.79 Å². The van der Waals surface area contributed by atoms with Crippen LogP contribution >= 0.6 is 0 Å². The molecule has 1 aliphatic rings. The van der Waals surface area contributed by atoms with Gasteiger partial charge < -0.3 is 10.2 Å². The van der Waals surface area contributed by atoms with Crippen LogP contribution in [0.4, 0.5) is 10.5 Å². The Hall–Kier alpha value is -2.30. The summed E-state index contributed by atoms with van der Waals surface area (Å²) in [4.78, 5) is 18.6. The number of urea groups is 1. The molecule has 2 aromatic rings. The molecule has 1 atom stereocenters. The maximum absolute atomic E-state index is 12.6. The quantitative estimate of drug-likeness (QED) is 0.823. The van der Waals surface area contributed by atoms with Crippen LogP contribution in [-0.2, 0) is 20.8 Å². The number of anilines is 1. The van der Waals surface area contributed by atoms with E-state index in [0.717, 1.165) is 0 Å². The summed E-state index contributed by atoms with van der Waals surface area (Å²) in [5.74, 6) is 0. The van der Waals surface area contributed by atoms with Crippen molar-refractivity contribution in [3.8, 4) is 0 Å². The van der Waals surface area contributed by atoms with E-state index in [9.17, 15) is 17.4 Å². The Balaban J connectivity index is 1.58. The molecular formula is C17H20N4O4S2. The molecule has 2 amide bonds. The molecule has 27 heavy (non-hydrogen) atoms. The summed E-state index contributed by atoms with van der Waals surface area (Å²) in [5.41, 5.74) is 0.597. The van der Waals surface area contributed by atoms with E-state index < -0.39 is 20.8 Å². The summed E-state index contributed by atoms with van der Waals surface area (Å²) in [7, 11) is -4.67. The minimum absolute atomic E-state index is 0.149. The Bertz CT molecular complexity index is 925. The van der Waals surface area contributed by atoms with Gasteiger partial charge in [0.05, 0.1) is 0 Å². The molecule has 0 radical (unpaired) electrons. The van der Waals surface area contributed by atoms with Crippen molar-refractivity contribution < 1.29 is 17.4 Å². The number of sulfonamides is 1. The summed E-state index contributed by atoms with van der Waals surface area (Å²) in [6, 6.07) is 9.58. The molecule has 10 heteroatoms. The van der Waals surface area contributed by atoms with Crippen LogP contribution in [-0.4, -0.2) is 65.3 Å². The highest BCUT2D eigenvalue weighted by Crippen LogP contribution is 2.17. The zero-order chi connectivity index (χ0) is 19.4. The number of hydrogen-bond acceptors (Lipinski definition) is 5. The summed E-state index contributed by atoms with van der Waals surface area (Å²) >= 11 is 0. The summed E-state index contributed by atoms with van der Waals surface area (Å²) in [6.45, 7) is 1.03. The molecule has 1 N–H and O–H groups in total. The van der Waals surface area contributed by atoms with Crippen LogP contribution in [0.5, 0.6) is 0 Å². The fourth-order valence-electron chi connectivity index (χ4n) is 2.71. The average Bonchev–Trinajstić information content (AvgIpc) is 2.69. The number of pyridine rings is 1. The number of hydrogen-bond donors (Lipinski definition) is 1. The summed E-state index contributed by atoms with van der Waals surface area (Å²) in [5, 5.41) is 2.77. The second-order valence-corrected chi connectivity index (χ2v) is 9.31. The minimum atomic E-state index is -3.60. The first-order valence-corrected chi connectivity index (χ1v) is 11.3. The molecule has 1 aromatic carbocycles. The zero-order valence-corrected chi connectivity index (χ0v) is 16.4. The first kappa shape index (κ1) is 19.5. The predicted octanol–water partition coefficient (Wildman–Crippen LogP) is 1.36. The van der Waals surface area contributed by atoms with Gasteiger partial charge in [-0.25, -0.2) is 13.2 Å². The topological polar surface area (TPSA) is 99.7 Å². The van der Waals surface area contributed by atoms with Crippen LogP contribution in [0, 0.1) is 0 Å². The standard InChI is InChI=1S/C17H20N4O4S2/c1-26(23)15-6-4-14(5-7-15)19-17(22)20-9-11-21(12-10-20)27(24,25)16-3-2-8-18-13-16/h2-8,13H,9-12H2,1H3,(H,19,22)/t26-/m1/s1. The van der Waals surface area contributed by atoms with Crippen LogP contribution in [0.3, 0.4) is 0 Å². The van der Waals surface area contributed by atoms with Crippen LogP contribution < -0.4 is 5.32 Å². The fourth-order valence-corrected chi connectivity index (χ4v) is 4.62. The average molecular weight is 409 g/mol. The largest absolute Gasteiger partial charge is 0.322 e. The van der Waals surface area contributed by atoms with Crippen LogP contribution in [0.2, 0.25) is 0 Å². The number of rotatable bonds is 4. The van der Waals surface area contributed by atoms with Gasteiger partial charge in [0.15, 0.2) is 0 Å².